The number of benzene rings is 4. The summed E-state index contributed by atoms with van der Waals surface area (Å²) < 4.78 is 25.9. The summed E-state index contributed by atoms with van der Waals surface area (Å²) in [6, 6.07) is 34.8. The highest BCUT2D eigenvalue weighted by Crippen LogP contribution is 2.40. The fourth-order valence-electron chi connectivity index (χ4n) is 5.21. The maximum atomic E-state index is 10.2. The van der Waals surface area contributed by atoms with E-state index in [-0.39, 0.29) is 5.88 Å². The molecule has 1 fully saturated rings. The summed E-state index contributed by atoms with van der Waals surface area (Å²) in [5, 5.41) is 20.6. The van der Waals surface area contributed by atoms with Crippen LogP contribution in [0.5, 0.6) is 11.9 Å². The molecule has 0 aliphatic carbocycles. The Balaban J connectivity index is 1.30. The van der Waals surface area contributed by atoms with Gasteiger partial charge < -0.3 is 29.2 Å². The molecule has 214 valence electrons. The van der Waals surface area contributed by atoms with E-state index >= 15 is 0 Å². The largest absolute Gasteiger partial charge is 0.493 e. The second kappa shape index (κ2) is 13.1. The molecule has 4 aromatic carbocycles. The molecule has 8 nitrogen and oxygen atoms in total. The van der Waals surface area contributed by atoms with Gasteiger partial charge in [0.1, 0.15) is 24.4 Å². The van der Waals surface area contributed by atoms with E-state index in [1.54, 1.807) is 12.1 Å². The van der Waals surface area contributed by atoms with Gasteiger partial charge in [-0.05, 0) is 34.4 Å². The maximum Gasteiger partial charge on any atom is 0.317 e. The molecule has 0 unspecified atom stereocenters. The highest BCUT2D eigenvalue weighted by molar-refractivity contribution is 5.84. The molecule has 42 heavy (non-hydrogen) atoms. The Labute approximate surface area is 244 Å². The lowest BCUT2D eigenvalue weighted by atomic mass is 9.99. The quantitative estimate of drug-likeness (QED) is 0.205. The molecule has 0 bridgehead atoms. The highest BCUT2D eigenvalue weighted by atomic mass is 16.6. The van der Waals surface area contributed by atoms with Crippen molar-refractivity contribution >= 4 is 10.9 Å². The molecule has 0 saturated carbocycles. The smallest absolute Gasteiger partial charge is 0.317 e. The highest BCUT2D eigenvalue weighted by Gasteiger charge is 2.47. The van der Waals surface area contributed by atoms with Crippen LogP contribution in [0.15, 0.2) is 109 Å². The summed E-state index contributed by atoms with van der Waals surface area (Å²) in [7, 11) is 0. The molecule has 0 radical (unpaired) electrons. The van der Waals surface area contributed by atoms with Gasteiger partial charge in [0.05, 0.1) is 37.3 Å². The van der Waals surface area contributed by atoms with Crippen LogP contribution in [0.4, 0.5) is 0 Å². The molecule has 1 saturated heterocycles. The first-order chi connectivity index (χ1) is 20.6. The van der Waals surface area contributed by atoms with Crippen LogP contribution in [0, 0.1) is 0 Å². The molecule has 6 rings (SSSR count). The summed E-state index contributed by atoms with van der Waals surface area (Å²) in [6.07, 6.45) is -1.88. The third kappa shape index (κ3) is 6.58. The first-order valence-electron chi connectivity index (χ1n) is 13.9. The van der Waals surface area contributed by atoms with Crippen molar-refractivity contribution in [3.8, 4) is 11.9 Å². The number of nitrogens with zero attached hydrogens (tertiary/aromatic N) is 2. The SMILES string of the molecule is Oc1nc(O)c2ccc([C@@H]3O[C@H](COCc4ccccc4)[C@@H](OCc4ccccc4)[C@H]3OCc3ccccc3)cc2n1. The van der Waals surface area contributed by atoms with Crippen molar-refractivity contribution in [2.45, 2.75) is 44.2 Å². The Bertz CT molecular complexity index is 1590. The van der Waals surface area contributed by atoms with Gasteiger partial charge in [-0.25, -0.2) is 0 Å². The van der Waals surface area contributed by atoms with Crippen LogP contribution in [-0.2, 0) is 38.8 Å². The summed E-state index contributed by atoms with van der Waals surface area (Å²) in [5.41, 5.74) is 4.31. The van der Waals surface area contributed by atoms with Crippen LogP contribution >= 0.6 is 0 Å². The first kappa shape index (κ1) is 27.8. The zero-order valence-corrected chi connectivity index (χ0v) is 23.0. The van der Waals surface area contributed by atoms with Gasteiger partial charge in [-0.2, -0.15) is 9.97 Å². The van der Waals surface area contributed by atoms with Gasteiger partial charge in [-0.1, -0.05) is 97.1 Å². The van der Waals surface area contributed by atoms with Gasteiger partial charge in [0.25, 0.3) is 0 Å². The third-order valence-electron chi connectivity index (χ3n) is 7.29. The number of aromatic hydroxyl groups is 2. The number of ether oxygens (including phenoxy) is 4. The number of rotatable bonds is 11. The van der Waals surface area contributed by atoms with Crippen molar-refractivity contribution in [3.05, 3.63) is 131 Å². The van der Waals surface area contributed by atoms with Gasteiger partial charge in [0.15, 0.2) is 0 Å². The lowest BCUT2D eigenvalue weighted by Gasteiger charge is -2.25. The van der Waals surface area contributed by atoms with E-state index in [2.05, 4.69) is 9.97 Å². The molecule has 5 aromatic rings. The second-order valence-corrected chi connectivity index (χ2v) is 10.2. The lowest BCUT2D eigenvalue weighted by Crippen LogP contribution is -2.37. The summed E-state index contributed by atoms with van der Waals surface area (Å²) in [4.78, 5) is 7.77. The fourth-order valence-corrected chi connectivity index (χ4v) is 5.21. The van der Waals surface area contributed by atoms with E-state index in [1.807, 2.05) is 97.1 Å². The average Bonchev–Trinajstić information content (AvgIpc) is 3.37. The van der Waals surface area contributed by atoms with E-state index in [9.17, 15) is 10.2 Å². The van der Waals surface area contributed by atoms with Crippen LogP contribution in [0.25, 0.3) is 10.9 Å². The topological polar surface area (TPSA) is 103 Å². The van der Waals surface area contributed by atoms with E-state index in [4.69, 9.17) is 18.9 Å². The Morgan fingerprint density at radius 1 is 0.643 bits per heavy atom. The minimum atomic E-state index is -0.525. The normalized spacial score (nSPS) is 20.2. The van der Waals surface area contributed by atoms with E-state index in [0.29, 0.717) is 37.3 Å². The van der Waals surface area contributed by atoms with Crippen LogP contribution in [0.3, 0.4) is 0 Å². The van der Waals surface area contributed by atoms with E-state index in [0.717, 1.165) is 22.3 Å². The predicted molar refractivity (Wildman–Crippen MR) is 157 cm³/mol. The maximum absolute atomic E-state index is 10.2. The van der Waals surface area contributed by atoms with Crippen LogP contribution < -0.4 is 0 Å². The Hall–Kier alpha value is -4.34. The van der Waals surface area contributed by atoms with Crippen molar-refractivity contribution in [1.82, 2.24) is 9.97 Å². The Morgan fingerprint density at radius 3 is 1.83 bits per heavy atom. The van der Waals surface area contributed by atoms with Gasteiger partial charge in [-0.15, -0.1) is 0 Å². The molecule has 8 heteroatoms. The zero-order valence-electron chi connectivity index (χ0n) is 23.0. The van der Waals surface area contributed by atoms with Crippen LogP contribution in [-0.4, -0.2) is 45.1 Å². The average molecular weight is 565 g/mol. The number of hydrogen-bond acceptors (Lipinski definition) is 8. The summed E-state index contributed by atoms with van der Waals surface area (Å²) in [5.74, 6) is -0.287. The van der Waals surface area contributed by atoms with E-state index < -0.39 is 30.4 Å². The van der Waals surface area contributed by atoms with Gasteiger partial charge in [-0.3, -0.25) is 0 Å². The van der Waals surface area contributed by atoms with Crippen LogP contribution in [0.2, 0.25) is 0 Å². The monoisotopic (exact) mass is 564 g/mol. The minimum Gasteiger partial charge on any atom is -0.493 e. The molecule has 0 amide bonds. The molecule has 4 atom stereocenters. The Morgan fingerprint density at radius 2 is 1.21 bits per heavy atom. The molecule has 2 N–H and O–H groups in total. The van der Waals surface area contributed by atoms with Gasteiger partial charge in [0.2, 0.25) is 5.88 Å². The molecule has 1 aliphatic heterocycles. The van der Waals surface area contributed by atoms with E-state index in [1.165, 1.54) is 0 Å². The standard InChI is InChI=1S/C34H32N2O6/c37-33-27-17-16-26(18-28(27)35-34(38)36-33)30-32(41-21-25-14-8-3-9-15-25)31(40-20-24-12-6-2-7-13-24)29(42-30)22-39-19-23-10-4-1-5-11-23/h1-18,29-32H,19-22H2,(H2,35,36,37,38)/t29-,30+,31-,32+/m1/s1. The fraction of sp³-hybridized carbons (Fsp3) is 0.235. The van der Waals surface area contributed by atoms with Gasteiger partial charge >= 0.3 is 6.01 Å². The molecule has 1 aromatic heterocycles. The van der Waals surface area contributed by atoms with Crippen molar-refractivity contribution < 1.29 is 29.2 Å². The van der Waals surface area contributed by atoms with Crippen molar-refractivity contribution in [2.75, 3.05) is 6.61 Å². The van der Waals surface area contributed by atoms with Gasteiger partial charge in [0, 0.05) is 0 Å². The molecular formula is C34H32N2O6. The lowest BCUT2D eigenvalue weighted by molar-refractivity contribution is -0.0898. The molecule has 0 spiro atoms. The minimum absolute atomic E-state index is 0.287. The number of fused-ring (bicyclic) bond motifs is 1. The van der Waals surface area contributed by atoms with Crippen molar-refractivity contribution in [1.29, 1.82) is 0 Å². The molecular weight excluding hydrogens is 532 g/mol. The third-order valence-corrected chi connectivity index (χ3v) is 7.29. The second-order valence-electron chi connectivity index (χ2n) is 10.2. The van der Waals surface area contributed by atoms with Crippen LogP contribution in [0.1, 0.15) is 28.4 Å². The zero-order chi connectivity index (χ0) is 28.7. The number of hydrogen-bond donors (Lipinski definition) is 2. The van der Waals surface area contributed by atoms with Crippen molar-refractivity contribution in [3.63, 3.8) is 0 Å². The summed E-state index contributed by atoms with van der Waals surface area (Å²) >= 11 is 0. The molecule has 2 heterocycles. The molecule has 1 aliphatic rings. The predicted octanol–water partition coefficient (Wildman–Crippen LogP) is 5.87. The van der Waals surface area contributed by atoms with Crippen molar-refractivity contribution in [2.24, 2.45) is 0 Å². The first-order valence-corrected chi connectivity index (χ1v) is 13.9. The summed E-state index contributed by atoms with van der Waals surface area (Å²) in [6.45, 7) is 1.49. The Kier molecular flexibility index (Phi) is 8.67. The number of aromatic nitrogens is 2.